The zero-order valence-corrected chi connectivity index (χ0v) is 17.1. The summed E-state index contributed by atoms with van der Waals surface area (Å²) in [5.41, 5.74) is -0.0881. The molecule has 0 unspecified atom stereocenters. The first-order chi connectivity index (χ1) is 12.6. The van der Waals surface area contributed by atoms with E-state index in [2.05, 4.69) is 31.3 Å². The van der Waals surface area contributed by atoms with Crippen LogP contribution in [0.3, 0.4) is 0 Å². The predicted molar refractivity (Wildman–Crippen MR) is 101 cm³/mol. The molecule has 1 N–H and O–H groups in total. The fourth-order valence-electron chi connectivity index (χ4n) is 2.18. The topological polar surface area (TPSA) is 91.0 Å². The van der Waals surface area contributed by atoms with Gasteiger partial charge in [0.05, 0.1) is 12.9 Å². The van der Waals surface area contributed by atoms with Gasteiger partial charge in [-0.3, -0.25) is 0 Å². The second-order valence-corrected chi connectivity index (χ2v) is 7.87. The number of pyridine rings is 1. The highest BCUT2D eigenvalue weighted by atomic mass is 79.9. The van der Waals surface area contributed by atoms with Gasteiger partial charge < -0.3 is 10.1 Å². The van der Waals surface area contributed by atoms with E-state index in [-0.39, 0.29) is 18.7 Å². The number of alkyl carbamates (subject to hydrolysis) is 1. The van der Waals surface area contributed by atoms with Crippen LogP contribution in [0.25, 0.3) is 5.82 Å². The molecule has 0 aliphatic carbocycles. The van der Waals surface area contributed by atoms with Gasteiger partial charge in [-0.1, -0.05) is 0 Å². The van der Waals surface area contributed by atoms with Crippen molar-refractivity contribution in [2.45, 2.75) is 39.8 Å². The number of rotatable bonds is 5. The SMILES string of the molecule is Cc1cc(Br)cnc1-n1cnn(C/C(=C/F)COC(=O)NC(C)(C)C)c1=O. The number of hydrogen-bond acceptors (Lipinski definition) is 5. The van der Waals surface area contributed by atoms with E-state index >= 15 is 0 Å². The maximum atomic E-state index is 13.2. The monoisotopic (exact) mass is 441 g/mol. The average molecular weight is 442 g/mol. The number of aryl methyl sites for hydroxylation is 1. The third-order valence-electron chi connectivity index (χ3n) is 3.35. The zero-order chi connectivity index (χ0) is 20.2. The van der Waals surface area contributed by atoms with E-state index in [4.69, 9.17) is 4.74 Å². The lowest BCUT2D eigenvalue weighted by Crippen LogP contribution is -2.41. The molecule has 0 saturated carbocycles. The second kappa shape index (κ2) is 8.47. The second-order valence-electron chi connectivity index (χ2n) is 6.95. The summed E-state index contributed by atoms with van der Waals surface area (Å²) in [6.07, 6.45) is 2.52. The minimum Gasteiger partial charge on any atom is -0.445 e. The van der Waals surface area contributed by atoms with E-state index < -0.39 is 17.3 Å². The Labute approximate surface area is 164 Å². The first-order valence-corrected chi connectivity index (χ1v) is 8.90. The molecule has 146 valence electrons. The van der Waals surface area contributed by atoms with Crippen molar-refractivity contribution in [3.05, 3.63) is 51.0 Å². The molecule has 8 nitrogen and oxygen atoms in total. The molecule has 0 saturated heterocycles. The third kappa shape index (κ3) is 5.75. The van der Waals surface area contributed by atoms with Crippen LogP contribution in [0.15, 0.2) is 39.8 Å². The first kappa shape index (κ1) is 20.8. The van der Waals surface area contributed by atoms with Gasteiger partial charge in [0.25, 0.3) is 0 Å². The minimum absolute atomic E-state index is 0.0897. The fraction of sp³-hybridized carbons (Fsp3) is 0.412. The van der Waals surface area contributed by atoms with E-state index in [1.54, 1.807) is 27.0 Å². The van der Waals surface area contributed by atoms with Gasteiger partial charge in [0.15, 0.2) is 0 Å². The van der Waals surface area contributed by atoms with Gasteiger partial charge >= 0.3 is 11.8 Å². The van der Waals surface area contributed by atoms with E-state index in [1.807, 2.05) is 13.0 Å². The molecule has 10 heteroatoms. The molecule has 2 rings (SSSR count). The van der Waals surface area contributed by atoms with Crippen LogP contribution in [-0.2, 0) is 11.3 Å². The highest BCUT2D eigenvalue weighted by Crippen LogP contribution is 2.15. The lowest BCUT2D eigenvalue weighted by molar-refractivity contribution is 0.145. The van der Waals surface area contributed by atoms with Crippen molar-refractivity contribution in [1.82, 2.24) is 24.6 Å². The molecule has 2 aromatic heterocycles. The van der Waals surface area contributed by atoms with Gasteiger partial charge in [-0.05, 0) is 55.3 Å². The summed E-state index contributed by atoms with van der Waals surface area (Å²) in [7, 11) is 0. The molecule has 0 aliphatic rings. The number of aromatic nitrogens is 4. The number of carbonyl (C=O) groups excluding carboxylic acids is 1. The highest BCUT2D eigenvalue weighted by Gasteiger charge is 2.16. The van der Waals surface area contributed by atoms with E-state index in [0.717, 1.165) is 14.7 Å². The molecular weight excluding hydrogens is 421 g/mol. The van der Waals surface area contributed by atoms with Crippen molar-refractivity contribution in [2.75, 3.05) is 6.61 Å². The summed E-state index contributed by atoms with van der Waals surface area (Å²) >= 11 is 3.32. The minimum atomic E-state index is -0.672. The van der Waals surface area contributed by atoms with Crippen LogP contribution in [-0.4, -0.2) is 37.6 Å². The van der Waals surface area contributed by atoms with E-state index in [9.17, 15) is 14.0 Å². The van der Waals surface area contributed by atoms with Crippen molar-refractivity contribution in [2.24, 2.45) is 0 Å². The number of ether oxygens (including phenoxy) is 1. The van der Waals surface area contributed by atoms with E-state index in [0.29, 0.717) is 12.1 Å². The van der Waals surface area contributed by atoms with Crippen molar-refractivity contribution < 1.29 is 13.9 Å². The Morgan fingerprint density at radius 2 is 2.15 bits per heavy atom. The molecule has 2 aromatic rings. The van der Waals surface area contributed by atoms with Crippen molar-refractivity contribution >= 4 is 22.0 Å². The number of nitrogens with one attached hydrogen (secondary N) is 1. The largest absolute Gasteiger partial charge is 0.445 e. The van der Waals surface area contributed by atoms with Crippen LogP contribution in [0.1, 0.15) is 26.3 Å². The Morgan fingerprint density at radius 3 is 2.74 bits per heavy atom. The predicted octanol–water partition coefficient (Wildman–Crippen LogP) is 2.88. The summed E-state index contributed by atoms with van der Waals surface area (Å²) < 4.78 is 21.3. The standard InChI is InChI=1S/C17H21BrFN5O3/c1-11-5-13(18)7-20-14(11)23-10-21-24(16(23)26)8-12(6-19)9-27-15(25)22-17(2,3)4/h5-7,10H,8-9H2,1-4H3,(H,22,25)/b12-6-. The van der Waals surface area contributed by atoms with Crippen LogP contribution >= 0.6 is 15.9 Å². The Hall–Kier alpha value is -2.49. The van der Waals surface area contributed by atoms with Crippen LogP contribution in [0.4, 0.5) is 9.18 Å². The normalized spacial score (nSPS) is 12.1. The Balaban J connectivity index is 2.10. The molecule has 0 atom stereocenters. The van der Waals surface area contributed by atoms with Gasteiger partial charge in [-0.2, -0.15) is 5.10 Å². The van der Waals surface area contributed by atoms with Crippen LogP contribution in [0.2, 0.25) is 0 Å². The molecule has 1 amide bonds. The molecule has 0 fully saturated rings. The number of nitrogens with zero attached hydrogens (tertiary/aromatic N) is 4. The number of hydrogen-bond donors (Lipinski definition) is 1. The Morgan fingerprint density at radius 1 is 1.44 bits per heavy atom. The van der Waals surface area contributed by atoms with Crippen LogP contribution in [0, 0.1) is 6.92 Å². The number of carbonyl (C=O) groups is 1. The molecule has 0 aromatic carbocycles. The number of halogens is 2. The molecule has 0 spiro atoms. The highest BCUT2D eigenvalue weighted by molar-refractivity contribution is 9.10. The molecular formula is C17H21BrFN5O3. The molecule has 0 aliphatic heterocycles. The third-order valence-corrected chi connectivity index (χ3v) is 3.79. The first-order valence-electron chi connectivity index (χ1n) is 8.11. The van der Waals surface area contributed by atoms with Crippen LogP contribution in [0.5, 0.6) is 0 Å². The molecule has 27 heavy (non-hydrogen) atoms. The van der Waals surface area contributed by atoms with Crippen molar-refractivity contribution in [3.8, 4) is 5.82 Å². The van der Waals surface area contributed by atoms with Crippen molar-refractivity contribution in [3.63, 3.8) is 0 Å². The Kier molecular flexibility index (Phi) is 6.53. The average Bonchev–Trinajstić information content (AvgIpc) is 2.90. The quantitative estimate of drug-likeness (QED) is 0.769. The van der Waals surface area contributed by atoms with Gasteiger partial charge in [0.1, 0.15) is 18.8 Å². The molecule has 0 bridgehead atoms. The summed E-state index contributed by atoms with van der Waals surface area (Å²) in [6.45, 7) is 6.75. The maximum absolute atomic E-state index is 13.2. The lowest BCUT2D eigenvalue weighted by atomic mass is 10.1. The zero-order valence-electron chi connectivity index (χ0n) is 15.5. The molecule has 0 radical (unpaired) electrons. The summed E-state index contributed by atoms with van der Waals surface area (Å²) in [4.78, 5) is 28.4. The summed E-state index contributed by atoms with van der Waals surface area (Å²) in [5.74, 6) is 0.432. The van der Waals surface area contributed by atoms with Gasteiger partial charge in [0.2, 0.25) is 0 Å². The Bertz CT molecular complexity index is 914. The number of amides is 1. The summed E-state index contributed by atoms with van der Waals surface area (Å²) in [5, 5.41) is 6.58. The van der Waals surface area contributed by atoms with E-state index in [1.165, 1.54) is 10.9 Å². The smallest absolute Gasteiger partial charge is 0.407 e. The fourth-order valence-corrected chi connectivity index (χ4v) is 2.63. The van der Waals surface area contributed by atoms with Crippen LogP contribution < -0.4 is 11.0 Å². The maximum Gasteiger partial charge on any atom is 0.407 e. The lowest BCUT2D eigenvalue weighted by Gasteiger charge is -2.20. The molecule has 2 heterocycles. The van der Waals surface area contributed by atoms with Gasteiger partial charge in [0, 0.05) is 21.8 Å². The van der Waals surface area contributed by atoms with Gasteiger partial charge in [-0.15, -0.1) is 0 Å². The van der Waals surface area contributed by atoms with Crippen molar-refractivity contribution in [1.29, 1.82) is 0 Å². The summed E-state index contributed by atoms with van der Waals surface area (Å²) in [6, 6.07) is 1.82. The van der Waals surface area contributed by atoms with Gasteiger partial charge in [-0.25, -0.2) is 28.2 Å².